The summed E-state index contributed by atoms with van der Waals surface area (Å²) in [6.45, 7) is 1.70. The molecule has 0 aliphatic heterocycles. The maximum absolute atomic E-state index is 11.6. The number of carbonyl (C=O) groups is 1. The standard InChI is InChI=1S/C15H22N2O2/c18-15(17-11-14-7-4-10-19-14)12-16-9-8-13-5-2-1-3-6-13/h4-5,7,10,16H,1-3,6,8-9,11-12H2,(H,17,18). The summed E-state index contributed by atoms with van der Waals surface area (Å²) in [6.07, 6.45) is 10.1. The Hall–Kier alpha value is -1.55. The van der Waals surface area contributed by atoms with E-state index < -0.39 is 0 Å². The Kier molecular flexibility index (Phi) is 5.69. The van der Waals surface area contributed by atoms with E-state index in [1.165, 1.54) is 31.3 Å². The van der Waals surface area contributed by atoms with E-state index in [4.69, 9.17) is 4.42 Å². The van der Waals surface area contributed by atoms with Crippen molar-refractivity contribution in [1.29, 1.82) is 0 Å². The molecule has 19 heavy (non-hydrogen) atoms. The Morgan fingerprint density at radius 2 is 2.32 bits per heavy atom. The maximum atomic E-state index is 11.6. The molecule has 0 unspecified atom stereocenters. The first-order chi connectivity index (χ1) is 9.34. The maximum Gasteiger partial charge on any atom is 0.234 e. The van der Waals surface area contributed by atoms with Gasteiger partial charge in [-0.05, 0) is 50.8 Å². The Bertz CT molecular complexity index is 410. The molecule has 0 fully saturated rings. The summed E-state index contributed by atoms with van der Waals surface area (Å²) in [5, 5.41) is 5.99. The quantitative estimate of drug-likeness (QED) is 0.586. The van der Waals surface area contributed by atoms with Crippen molar-refractivity contribution in [2.45, 2.75) is 38.6 Å². The predicted octanol–water partition coefficient (Wildman–Crippen LogP) is 2.38. The fraction of sp³-hybridized carbons (Fsp3) is 0.533. The van der Waals surface area contributed by atoms with Crippen LogP contribution >= 0.6 is 0 Å². The van der Waals surface area contributed by atoms with Gasteiger partial charge in [0.15, 0.2) is 0 Å². The van der Waals surface area contributed by atoms with Crippen LogP contribution in [-0.2, 0) is 11.3 Å². The van der Waals surface area contributed by atoms with E-state index in [0.29, 0.717) is 13.1 Å². The monoisotopic (exact) mass is 262 g/mol. The summed E-state index contributed by atoms with van der Waals surface area (Å²) in [4.78, 5) is 11.6. The molecule has 0 radical (unpaired) electrons. The number of rotatable bonds is 7. The van der Waals surface area contributed by atoms with Gasteiger partial charge in [0.2, 0.25) is 5.91 Å². The lowest BCUT2D eigenvalue weighted by molar-refractivity contribution is -0.120. The zero-order chi connectivity index (χ0) is 13.3. The minimum absolute atomic E-state index is 0.00836. The number of hydrogen-bond acceptors (Lipinski definition) is 3. The lowest BCUT2D eigenvalue weighted by Crippen LogP contribution is -2.33. The number of nitrogens with one attached hydrogen (secondary N) is 2. The van der Waals surface area contributed by atoms with Gasteiger partial charge in [0, 0.05) is 0 Å². The van der Waals surface area contributed by atoms with Crippen molar-refractivity contribution in [2.75, 3.05) is 13.1 Å². The van der Waals surface area contributed by atoms with Crippen LogP contribution in [0.5, 0.6) is 0 Å². The second-order valence-electron chi connectivity index (χ2n) is 4.89. The summed E-state index contributed by atoms with van der Waals surface area (Å²) in [5.41, 5.74) is 1.54. The third kappa shape index (κ3) is 5.30. The minimum Gasteiger partial charge on any atom is -0.467 e. The largest absolute Gasteiger partial charge is 0.467 e. The highest BCUT2D eigenvalue weighted by molar-refractivity contribution is 5.77. The summed E-state index contributed by atoms with van der Waals surface area (Å²) in [5.74, 6) is 0.787. The van der Waals surface area contributed by atoms with Crippen LogP contribution in [0.15, 0.2) is 34.5 Å². The highest BCUT2D eigenvalue weighted by atomic mass is 16.3. The number of hydrogen-bond donors (Lipinski definition) is 2. The van der Waals surface area contributed by atoms with Crippen molar-refractivity contribution in [2.24, 2.45) is 0 Å². The molecule has 0 saturated carbocycles. The lowest BCUT2D eigenvalue weighted by atomic mass is 9.97. The normalized spacial score (nSPS) is 15.1. The molecule has 2 rings (SSSR count). The van der Waals surface area contributed by atoms with E-state index in [0.717, 1.165) is 18.7 Å². The van der Waals surface area contributed by atoms with Crippen molar-refractivity contribution in [3.8, 4) is 0 Å². The molecule has 4 heteroatoms. The van der Waals surface area contributed by atoms with Gasteiger partial charge < -0.3 is 15.1 Å². The first-order valence-corrected chi connectivity index (χ1v) is 7.02. The molecule has 2 N–H and O–H groups in total. The fourth-order valence-corrected chi connectivity index (χ4v) is 2.24. The van der Waals surface area contributed by atoms with E-state index in [-0.39, 0.29) is 5.91 Å². The van der Waals surface area contributed by atoms with Crippen molar-refractivity contribution in [3.63, 3.8) is 0 Å². The number of carbonyl (C=O) groups excluding carboxylic acids is 1. The van der Waals surface area contributed by atoms with E-state index in [9.17, 15) is 4.79 Å². The SMILES string of the molecule is O=C(CNCCC1=CCCCC1)NCc1ccco1. The van der Waals surface area contributed by atoms with Crippen LogP contribution in [0, 0.1) is 0 Å². The van der Waals surface area contributed by atoms with Crippen molar-refractivity contribution < 1.29 is 9.21 Å². The summed E-state index contributed by atoms with van der Waals surface area (Å²) in [6, 6.07) is 3.67. The summed E-state index contributed by atoms with van der Waals surface area (Å²) < 4.78 is 5.15. The van der Waals surface area contributed by atoms with E-state index >= 15 is 0 Å². The molecule has 4 nitrogen and oxygen atoms in total. The number of allylic oxidation sites excluding steroid dienone is 1. The molecule has 1 aliphatic carbocycles. The van der Waals surface area contributed by atoms with Crippen LogP contribution in [-0.4, -0.2) is 19.0 Å². The van der Waals surface area contributed by atoms with Crippen LogP contribution in [0.2, 0.25) is 0 Å². The van der Waals surface area contributed by atoms with Crippen LogP contribution in [0.3, 0.4) is 0 Å². The van der Waals surface area contributed by atoms with Crippen LogP contribution in [0.25, 0.3) is 0 Å². The van der Waals surface area contributed by atoms with Crippen molar-refractivity contribution >= 4 is 5.91 Å². The molecule has 0 atom stereocenters. The highest BCUT2D eigenvalue weighted by Crippen LogP contribution is 2.19. The summed E-state index contributed by atoms with van der Waals surface area (Å²) in [7, 11) is 0. The molecule has 1 heterocycles. The summed E-state index contributed by atoms with van der Waals surface area (Å²) >= 11 is 0. The van der Waals surface area contributed by atoms with Crippen LogP contribution < -0.4 is 10.6 Å². The van der Waals surface area contributed by atoms with E-state index in [1.807, 2.05) is 12.1 Å². The third-order valence-electron chi connectivity index (χ3n) is 3.33. The number of furan rings is 1. The topological polar surface area (TPSA) is 54.3 Å². The van der Waals surface area contributed by atoms with E-state index in [1.54, 1.807) is 6.26 Å². The Labute approximate surface area is 114 Å². The molecule has 1 aliphatic rings. The van der Waals surface area contributed by atoms with Crippen molar-refractivity contribution in [3.05, 3.63) is 35.8 Å². The van der Waals surface area contributed by atoms with Gasteiger partial charge in [0.05, 0.1) is 19.4 Å². The van der Waals surface area contributed by atoms with Gasteiger partial charge in [-0.25, -0.2) is 0 Å². The average Bonchev–Trinajstić information content (AvgIpc) is 2.96. The molecule has 1 aromatic rings. The van der Waals surface area contributed by atoms with Gasteiger partial charge in [-0.1, -0.05) is 11.6 Å². The first kappa shape index (κ1) is 13.9. The molecule has 0 bridgehead atoms. The van der Waals surface area contributed by atoms with Gasteiger partial charge in [0.1, 0.15) is 5.76 Å². The van der Waals surface area contributed by atoms with Gasteiger partial charge in [0.25, 0.3) is 0 Å². The zero-order valence-electron chi connectivity index (χ0n) is 11.3. The Morgan fingerprint density at radius 1 is 1.37 bits per heavy atom. The molecule has 1 amide bonds. The van der Waals surface area contributed by atoms with E-state index in [2.05, 4.69) is 16.7 Å². The first-order valence-electron chi connectivity index (χ1n) is 7.02. The lowest BCUT2D eigenvalue weighted by Gasteiger charge is -2.12. The molecular weight excluding hydrogens is 240 g/mol. The fourth-order valence-electron chi connectivity index (χ4n) is 2.24. The Balaban J connectivity index is 1.52. The molecule has 0 spiro atoms. The second-order valence-corrected chi connectivity index (χ2v) is 4.89. The molecule has 1 aromatic heterocycles. The molecule has 0 aromatic carbocycles. The zero-order valence-corrected chi connectivity index (χ0v) is 11.3. The average molecular weight is 262 g/mol. The highest BCUT2D eigenvalue weighted by Gasteiger charge is 2.04. The van der Waals surface area contributed by atoms with Crippen LogP contribution in [0.4, 0.5) is 0 Å². The van der Waals surface area contributed by atoms with Gasteiger partial charge in [-0.15, -0.1) is 0 Å². The molecular formula is C15H22N2O2. The van der Waals surface area contributed by atoms with Gasteiger partial charge in [-0.2, -0.15) is 0 Å². The molecule has 104 valence electrons. The third-order valence-corrected chi connectivity index (χ3v) is 3.33. The number of amides is 1. The van der Waals surface area contributed by atoms with Gasteiger partial charge in [-0.3, -0.25) is 4.79 Å². The Morgan fingerprint density at radius 3 is 3.05 bits per heavy atom. The van der Waals surface area contributed by atoms with Crippen LogP contribution in [0.1, 0.15) is 37.9 Å². The molecule has 0 saturated heterocycles. The smallest absolute Gasteiger partial charge is 0.234 e. The second kappa shape index (κ2) is 7.79. The van der Waals surface area contributed by atoms with Crippen molar-refractivity contribution in [1.82, 2.24) is 10.6 Å². The van der Waals surface area contributed by atoms with Gasteiger partial charge >= 0.3 is 0 Å². The minimum atomic E-state index is 0.00836. The predicted molar refractivity (Wildman–Crippen MR) is 74.6 cm³/mol.